The molecule has 0 aliphatic carbocycles. The third-order valence-corrected chi connectivity index (χ3v) is 4.70. The fourth-order valence-corrected chi connectivity index (χ4v) is 3.12. The highest BCUT2D eigenvalue weighted by atomic mass is 32.1. The summed E-state index contributed by atoms with van der Waals surface area (Å²) >= 11 is 1.42. The zero-order chi connectivity index (χ0) is 15.1. The number of fused-ring (bicyclic) bond motifs is 3. The van der Waals surface area contributed by atoms with Gasteiger partial charge in [0, 0.05) is 13.1 Å². The number of hydrogen-bond donors (Lipinski definition) is 1. The van der Waals surface area contributed by atoms with E-state index in [2.05, 4.69) is 10.2 Å². The Balaban J connectivity index is 2.20. The highest BCUT2D eigenvalue weighted by molar-refractivity contribution is 7.17. The minimum Gasteiger partial charge on any atom is -0.395 e. The van der Waals surface area contributed by atoms with Crippen LogP contribution in [0.15, 0.2) is 16.2 Å². The lowest BCUT2D eigenvalue weighted by molar-refractivity contribution is 0.151. The number of hydrogen-bond acceptors (Lipinski definition) is 6. The molecule has 0 spiro atoms. The molecule has 1 unspecified atom stereocenters. The van der Waals surface area contributed by atoms with Crippen molar-refractivity contribution >= 4 is 27.3 Å². The molecule has 3 aromatic heterocycles. The lowest BCUT2D eigenvalue weighted by atomic mass is 10.3. The molecule has 0 bridgehead atoms. The van der Waals surface area contributed by atoms with Crippen LogP contribution >= 0.6 is 11.3 Å². The number of thiophene rings is 1. The summed E-state index contributed by atoms with van der Waals surface area (Å²) in [6.45, 7) is 2.57. The maximum absolute atomic E-state index is 12.2. The van der Waals surface area contributed by atoms with Crippen molar-refractivity contribution in [3.8, 4) is 0 Å². The van der Waals surface area contributed by atoms with Crippen molar-refractivity contribution in [3.05, 3.63) is 27.6 Å². The summed E-state index contributed by atoms with van der Waals surface area (Å²) < 4.78 is 4.13. The van der Waals surface area contributed by atoms with Crippen molar-refractivity contribution in [2.24, 2.45) is 7.05 Å². The Labute approximate surface area is 125 Å². The second-order valence-corrected chi connectivity index (χ2v) is 6.11. The summed E-state index contributed by atoms with van der Waals surface area (Å²) in [6, 6.07) is 1.94. The SMILES string of the molecule is CC(CO)N(C)Cc1nnc2n(C)c(=O)c3sccc3n12. The van der Waals surface area contributed by atoms with E-state index >= 15 is 0 Å². The van der Waals surface area contributed by atoms with E-state index in [-0.39, 0.29) is 18.2 Å². The lowest BCUT2D eigenvalue weighted by Crippen LogP contribution is -2.32. The van der Waals surface area contributed by atoms with Gasteiger partial charge in [0.1, 0.15) is 4.70 Å². The normalized spacial score (nSPS) is 13.6. The van der Waals surface area contributed by atoms with Crippen LogP contribution in [0, 0.1) is 0 Å². The molecule has 0 fully saturated rings. The van der Waals surface area contributed by atoms with Gasteiger partial charge in [-0.3, -0.25) is 18.7 Å². The minimum atomic E-state index is -0.0523. The van der Waals surface area contributed by atoms with Gasteiger partial charge in [-0.15, -0.1) is 21.5 Å². The molecular weight excluding hydrogens is 290 g/mol. The predicted octanol–water partition coefficient (Wildman–Crippen LogP) is 0.455. The first-order chi connectivity index (χ1) is 10.0. The molecule has 0 aromatic carbocycles. The van der Waals surface area contributed by atoms with Gasteiger partial charge in [0.15, 0.2) is 5.82 Å². The summed E-state index contributed by atoms with van der Waals surface area (Å²) in [5, 5.41) is 19.5. The molecule has 0 aliphatic heterocycles. The van der Waals surface area contributed by atoms with Gasteiger partial charge in [-0.1, -0.05) is 0 Å². The molecular formula is C13H17N5O2S. The molecule has 0 saturated carbocycles. The van der Waals surface area contributed by atoms with Gasteiger partial charge in [-0.25, -0.2) is 0 Å². The third-order valence-electron chi connectivity index (χ3n) is 3.80. The molecule has 1 atom stereocenters. The van der Waals surface area contributed by atoms with Crippen LogP contribution in [0.25, 0.3) is 16.0 Å². The number of aliphatic hydroxyl groups is 1. The van der Waals surface area contributed by atoms with Crippen LogP contribution in [0.4, 0.5) is 0 Å². The van der Waals surface area contributed by atoms with Gasteiger partial charge < -0.3 is 5.11 Å². The van der Waals surface area contributed by atoms with Crippen LogP contribution in [0.1, 0.15) is 12.7 Å². The third kappa shape index (κ3) is 2.15. The smallest absolute Gasteiger partial charge is 0.272 e. The van der Waals surface area contributed by atoms with Gasteiger partial charge in [0.05, 0.1) is 18.7 Å². The number of aryl methyl sites for hydroxylation is 1. The Kier molecular flexibility index (Phi) is 3.52. The monoisotopic (exact) mass is 307 g/mol. The van der Waals surface area contributed by atoms with Gasteiger partial charge in [-0.05, 0) is 25.4 Å². The summed E-state index contributed by atoms with van der Waals surface area (Å²) in [5.74, 6) is 1.29. The predicted molar refractivity (Wildman–Crippen MR) is 81.6 cm³/mol. The van der Waals surface area contributed by atoms with Gasteiger partial charge >= 0.3 is 0 Å². The van der Waals surface area contributed by atoms with Gasteiger partial charge in [-0.2, -0.15) is 0 Å². The first kappa shape index (κ1) is 14.2. The van der Waals surface area contributed by atoms with Crippen LogP contribution in [-0.4, -0.2) is 48.9 Å². The average Bonchev–Trinajstić information content (AvgIpc) is 3.10. The first-order valence-corrected chi connectivity index (χ1v) is 7.54. The maximum atomic E-state index is 12.2. The second-order valence-electron chi connectivity index (χ2n) is 5.20. The zero-order valence-corrected chi connectivity index (χ0v) is 13.0. The highest BCUT2D eigenvalue weighted by Gasteiger charge is 2.18. The van der Waals surface area contributed by atoms with Crippen molar-refractivity contribution in [3.63, 3.8) is 0 Å². The fraction of sp³-hybridized carbons (Fsp3) is 0.462. The Hall–Kier alpha value is -1.77. The Morgan fingerprint density at radius 3 is 2.95 bits per heavy atom. The first-order valence-electron chi connectivity index (χ1n) is 6.66. The number of rotatable bonds is 4. The van der Waals surface area contributed by atoms with Crippen LogP contribution in [-0.2, 0) is 13.6 Å². The number of likely N-dealkylation sites (N-methyl/N-ethyl adjacent to an activating group) is 1. The van der Waals surface area contributed by atoms with E-state index < -0.39 is 0 Å². The fourth-order valence-electron chi connectivity index (χ4n) is 2.27. The van der Waals surface area contributed by atoms with Crippen LogP contribution in [0.5, 0.6) is 0 Å². The van der Waals surface area contributed by atoms with E-state index in [0.29, 0.717) is 17.0 Å². The summed E-state index contributed by atoms with van der Waals surface area (Å²) in [7, 11) is 3.63. The van der Waals surface area contributed by atoms with E-state index in [4.69, 9.17) is 0 Å². The molecule has 3 heterocycles. The van der Waals surface area contributed by atoms with E-state index in [9.17, 15) is 9.90 Å². The van der Waals surface area contributed by atoms with E-state index in [1.54, 1.807) is 7.05 Å². The Morgan fingerprint density at radius 1 is 1.48 bits per heavy atom. The quantitative estimate of drug-likeness (QED) is 0.757. The molecule has 112 valence electrons. The average molecular weight is 307 g/mol. The molecule has 21 heavy (non-hydrogen) atoms. The van der Waals surface area contributed by atoms with Gasteiger partial charge in [0.2, 0.25) is 5.78 Å². The van der Waals surface area contributed by atoms with Crippen LogP contribution in [0.2, 0.25) is 0 Å². The zero-order valence-electron chi connectivity index (χ0n) is 12.1. The largest absolute Gasteiger partial charge is 0.395 e. The molecule has 3 rings (SSSR count). The van der Waals surface area contributed by atoms with E-state index in [1.165, 1.54) is 15.9 Å². The summed E-state index contributed by atoms with van der Waals surface area (Å²) in [5.41, 5.74) is 0.784. The van der Waals surface area contributed by atoms with E-state index in [1.807, 2.05) is 34.7 Å². The Bertz CT molecular complexity index is 849. The number of aromatic nitrogens is 4. The molecule has 0 radical (unpaired) electrons. The molecule has 0 saturated heterocycles. The molecule has 0 aliphatic rings. The maximum Gasteiger partial charge on any atom is 0.272 e. The van der Waals surface area contributed by atoms with Crippen molar-refractivity contribution in [2.45, 2.75) is 19.5 Å². The van der Waals surface area contributed by atoms with Crippen LogP contribution < -0.4 is 5.56 Å². The summed E-state index contributed by atoms with van der Waals surface area (Å²) in [4.78, 5) is 14.2. The minimum absolute atomic E-state index is 0.0304. The van der Waals surface area contributed by atoms with Crippen molar-refractivity contribution in [1.82, 2.24) is 24.1 Å². The van der Waals surface area contributed by atoms with Crippen LogP contribution in [0.3, 0.4) is 0 Å². The number of nitrogens with zero attached hydrogens (tertiary/aromatic N) is 5. The van der Waals surface area contributed by atoms with E-state index in [0.717, 1.165) is 11.3 Å². The highest BCUT2D eigenvalue weighted by Crippen LogP contribution is 2.19. The van der Waals surface area contributed by atoms with Gasteiger partial charge in [0.25, 0.3) is 5.56 Å². The molecule has 8 heteroatoms. The van der Waals surface area contributed by atoms with Crippen molar-refractivity contribution in [2.75, 3.05) is 13.7 Å². The van der Waals surface area contributed by atoms with Crippen molar-refractivity contribution in [1.29, 1.82) is 0 Å². The molecule has 7 nitrogen and oxygen atoms in total. The molecule has 1 N–H and O–H groups in total. The van der Waals surface area contributed by atoms with Crippen molar-refractivity contribution < 1.29 is 5.11 Å². The number of aliphatic hydroxyl groups excluding tert-OH is 1. The second kappa shape index (κ2) is 5.21. The molecule has 0 amide bonds. The standard InChI is InChI=1S/C13H17N5O2S/c1-8(7-19)16(2)6-10-14-15-13-17(3)12(20)11-9(18(10)13)4-5-21-11/h4-5,8,19H,6-7H2,1-3H3. The Morgan fingerprint density at radius 2 is 2.24 bits per heavy atom. The summed E-state index contributed by atoms with van der Waals surface area (Å²) in [6.07, 6.45) is 0. The molecule has 3 aromatic rings. The topological polar surface area (TPSA) is 75.7 Å². The lowest BCUT2D eigenvalue weighted by Gasteiger charge is -2.21.